The van der Waals surface area contributed by atoms with Crippen molar-refractivity contribution in [1.29, 1.82) is 0 Å². The zero-order valence-electron chi connectivity index (χ0n) is 6.23. The molecule has 8 heavy (non-hydrogen) atoms. The van der Waals surface area contributed by atoms with Crippen LogP contribution < -0.4 is 0 Å². The molecule has 0 aliphatic carbocycles. The van der Waals surface area contributed by atoms with Crippen LogP contribution in [-0.2, 0) is 0 Å². The Kier molecular flexibility index (Phi) is 3.59. The van der Waals surface area contributed by atoms with Crippen molar-refractivity contribution in [3.63, 3.8) is 0 Å². The summed E-state index contributed by atoms with van der Waals surface area (Å²) in [6.07, 6.45) is 4.36. The van der Waals surface area contributed by atoms with Gasteiger partial charge in [0.15, 0.2) is 0 Å². The summed E-state index contributed by atoms with van der Waals surface area (Å²) >= 11 is 0. The maximum atomic E-state index is 2.20. The van der Waals surface area contributed by atoms with Crippen LogP contribution in [-0.4, -0.2) is 0 Å². The molecule has 0 saturated carbocycles. The molecule has 0 heterocycles. The molecule has 47 valence electrons. The Morgan fingerprint density at radius 3 is 1.88 bits per heavy atom. The van der Waals surface area contributed by atoms with Crippen LogP contribution in [0.25, 0.3) is 0 Å². The Morgan fingerprint density at radius 2 is 1.75 bits per heavy atom. The predicted octanol–water partition coefficient (Wildman–Crippen LogP) is 2.81. The van der Waals surface area contributed by atoms with Crippen molar-refractivity contribution in [2.45, 2.75) is 27.7 Å². The second kappa shape index (κ2) is 3.71. The largest absolute Gasteiger partial charge is 0.0819 e. The molecule has 0 atom stereocenters. The van der Waals surface area contributed by atoms with Gasteiger partial charge in [0.25, 0.3) is 0 Å². The van der Waals surface area contributed by atoms with E-state index in [0.29, 0.717) is 5.92 Å². The van der Waals surface area contributed by atoms with E-state index in [4.69, 9.17) is 0 Å². The molecule has 0 nitrogen and oxygen atoms in total. The first-order valence-electron chi connectivity index (χ1n) is 3.11. The van der Waals surface area contributed by atoms with Crippen LogP contribution in [0.2, 0.25) is 0 Å². The third-order valence-electron chi connectivity index (χ3n) is 0.814. The summed E-state index contributed by atoms with van der Waals surface area (Å²) in [5.74, 6) is 0.685. The maximum Gasteiger partial charge on any atom is -0.0142 e. The minimum absolute atomic E-state index is 0.685. The molecule has 0 rings (SSSR count). The SMILES string of the molecule is CC(C)=C[CH]C(C)C. The summed E-state index contributed by atoms with van der Waals surface area (Å²) in [6, 6.07) is 0. The smallest absolute Gasteiger partial charge is 0.0142 e. The molecule has 0 saturated heterocycles. The van der Waals surface area contributed by atoms with Gasteiger partial charge in [-0.1, -0.05) is 25.5 Å². The van der Waals surface area contributed by atoms with Gasteiger partial charge < -0.3 is 0 Å². The number of rotatable bonds is 2. The topological polar surface area (TPSA) is 0 Å². The lowest BCUT2D eigenvalue weighted by Crippen LogP contribution is -1.83. The number of allylic oxidation sites excluding steroid dienone is 2. The monoisotopic (exact) mass is 111 g/mol. The summed E-state index contributed by atoms with van der Waals surface area (Å²) in [5.41, 5.74) is 1.37. The third-order valence-corrected chi connectivity index (χ3v) is 0.814. The highest BCUT2D eigenvalue weighted by Crippen LogP contribution is 2.01. The quantitative estimate of drug-likeness (QED) is 0.514. The van der Waals surface area contributed by atoms with Crippen LogP contribution in [0.1, 0.15) is 27.7 Å². The number of hydrogen-bond donors (Lipinski definition) is 0. The zero-order chi connectivity index (χ0) is 6.57. The maximum absolute atomic E-state index is 2.20. The van der Waals surface area contributed by atoms with E-state index < -0.39 is 0 Å². The van der Waals surface area contributed by atoms with Crippen molar-refractivity contribution in [1.82, 2.24) is 0 Å². The van der Waals surface area contributed by atoms with Crippen LogP contribution in [0.3, 0.4) is 0 Å². The lowest BCUT2D eigenvalue weighted by Gasteiger charge is -1.96. The lowest BCUT2D eigenvalue weighted by atomic mass is 10.1. The fourth-order valence-electron chi connectivity index (χ4n) is 0.385. The lowest BCUT2D eigenvalue weighted by molar-refractivity contribution is 0.783. The normalized spacial score (nSPS) is 9.62. The molecule has 0 aromatic carbocycles. The Bertz CT molecular complexity index is 74.0. The molecule has 0 heteroatoms. The summed E-state index contributed by atoms with van der Waals surface area (Å²) in [5, 5.41) is 0. The molecule has 0 aliphatic rings. The number of hydrogen-bond acceptors (Lipinski definition) is 0. The first kappa shape index (κ1) is 7.74. The fourth-order valence-corrected chi connectivity index (χ4v) is 0.385. The van der Waals surface area contributed by atoms with Gasteiger partial charge in [0.1, 0.15) is 0 Å². The molecule has 0 amide bonds. The van der Waals surface area contributed by atoms with Gasteiger partial charge >= 0.3 is 0 Å². The molecular weight excluding hydrogens is 96.1 g/mol. The van der Waals surface area contributed by atoms with Crippen molar-refractivity contribution in [3.05, 3.63) is 18.1 Å². The van der Waals surface area contributed by atoms with Crippen molar-refractivity contribution in [3.8, 4) is 0 Å². The van der Waals surface area contributed by atoms with E-state index in [2.05, 4.69) is 40.2 Å². The van der Waals surface area contributed by atoms with E-state index in [1.54, 1.807) is 0 Å². The van der Waals surface area contributed by atoms with Gasteiger partial charge in [-0.15, -0.1) is 0 Å². The van der Waals surface area contributed by atoms with E-state index >= 15 is 0 Å². The van der Waals surface area contributed by atoms with E-state index in [1.165, 1.54) is 5.57 Å². The fraction of sp³-hybridized carbons (Fsp3) is 0.625. The summed E-state index contributed by atoms with van der Waals surface area (Å²) in [4.78, 5) is 0. The Morgan fingerprint density at radius 1 is 1.25 bits per heavy atom. The standard InChI is InChI=1S/C8H15/c1-7(2)5-6-8(3)4/h5-7H,1-4H3. The average molecular weight is 111 g/mol. The predicted molar refractivity (Wildman–Crippen MR) is 38.6 cm³/mol. The molecule has 0 fully saturated rings. The van der Waals surface area contributed by atoms with Crippen LogP contribution >= 0.6 is 0 Å². The molecule has 1 radical (unpaired) electrons. The van der Waals surface area contributed by atoms with Crippen molar-refractivity contribution < 1.29 is 0 Å². The molecule has 0 unspecified atom stereocenters. The van der Waals surface area contributed by atoms with Gasteiger partial charge in [-0.3, -0.25) is 0 Å². The van der Waals surface area contributed by atoms with Crippen LogP contribution in [0.15, 0.2) is 11.6 Å². The highest BCUT2D eigenvalue weighted by molar-refractivity contribution is 5.03. The Labute approximate surface area is 52.6 Å². The molecular formula is C8H15. The summed E-state index contributed by atoms with van der Waals surface area (Å²) in [6.45, 7) is 8.58. The Hall–Kier alpha value is -0.260. The van der Waals surface area contributed by atoms with Gasteiger partial charge in [-0.25, -0.2) is 0 Å². The molecule has 0 spiro atoms. The molecule has 0 aromatic heterocycles. The van der Waals surface area contributed by atoms with Crippen molar-refractivity contribution in [2.75, 3.05) is 0 Å². The molecule has 0 aliphatic heterocycles. The highest BCUT2D eigenvalue weighted by Gasteiger charge is 1.87. The van der Waals surface area contributed by atoms with Gasteiger partial charge in [0.05, 0.1) is 0 Å². The molecule has 0 bridgehead atoms. The third kappa shape index (κ3) is 5.74. The first-order chi connectivity index (χ1) is 3.63. The minimum Gasteiger partial charge on any atom is -0.0819 e. The molecule has 0 N–H and O–H groups in total. The van der Waals surface area contributed by atoms with Crippen molar-refractivity contribution in [2.24, 2.45) is 5.92 Å². The first-order valence-corrected chi connectivity index (χ1v) is 3.11. The highest BCUT2D eigenvalue weighted by atomic mass is 13.9. The van der Waals surface area contributed by atoms with E-state index in [0.717, 1.165) is 0 Å². The summed E-state index contributed by atoms with van der Waals surface area (Å²) in [7, 11) is 0. The summed E-state index contributed by atoms with van der Waals surface area (Å²) < 4.78 is 0. The van der Waals surface area contributed by atoms with Crippen LogP contribution in [0.4, 0.5) is 0 Å². The van der Waals surface area contributed by atoms with Crippen LogP contribution in [0, 0.1) is 12.3 Å². The second-order valence-corrected chi connectivity index (χ2v) is 2.68. The zero-order valence-corrected chi connectivity index (χ0v) is 6.23. The molecule has 0 aromatic rings. The van der Waals surface area contributed by atoms with Gasteiger partial charge in [-0.05, 0) is 26.2 Å². The van der Waals surface area contributed by atoms with E-state index in [9.17, 15) is 0 Å². The van der Waals surface area contributed by atoms with E-state index in [-0.39, 0.29) is 0 Å². The minimum atomic E-state index is 0.685. The Balaban J connectivity index is 3.29. The van der Waals surface area contributed by atoms with Crippen molar-refractivity contribution >= 4 is 0 Å². The van der Waals surface area contributed by atoms with Crippen LogP contribution in [0.5, 0.6) is 0 Å². The van der Waals surface area contributed by atoms with Gasteiger partial charge in [-0.2, -0.15) is 0 Å². The average Bonchev–Trinajstić information content (AvgIpc) is 1.61. The van der Waals surface area contributed by atoms with Gasteiger partial charge in [0.2, 0.25) is 0 Å². The van der Waals surface area contributed by atoms with Gasteiger partial charge in [0, 0.05) is 0 Å². The second-order valence-electron chi connectivity index (χ2n) is 2.68. The van der Waals surface area contributed by atoms with E-state index in [1.807, 2.05) is 0 Å².